The van der Waals surface area contributed by atoms with Crippen molar-refractivity contribution in [1.82, 2.24) is 0 Å². The first-order valence-electron chi connectivity index (χ1n) is 6.07. The predicted octanol–water partition coefficient (Wildman–Crippen LogP) is 2.31. The molecule has 0 unspecified atom stereocenters. The first kappa shape index (κ1) is 14.7. The van der Waals surface area contributed by atoms with Crippen LogP contribution in [-0.4, -0.2) is 24.5 Å². The monoisotopic (exact) mass is 267 g/mol. The molecular weight excluding hydrogens is 246 g/mol. The molecule has 4 nitrogen and oxygen atoms in total. The number of rotatable bonds is 8. The van der Waals surface area contributed by atoms with Crippen LogP contribution in [0.2, 0.25) is 0 Å². The number of benzene rings is 1. The van der Waals surface area contributed by atoms with E-state index >= 15 is 0 Å². The second-order valence-corrected chi connectivity index (χ2v) is 5.13. The van der Waals surface area contributed by atoms with E-state index < -0.39 is 5.91 Å². The summed E-state index contributed by atoms with van der Waals surface area (Å²) in [5.41, 5.74) is 13.0. The minimum absolute atomic E-state index is 0.432. The maximum absolute atomic E-state index is 11.1. The summed E-state index contributed by atoms with van der Waals surface area (Å²) < 4.78 is 0. The number of hydrogen-bond donors (Lipinski definition) is 3. The lowest BCUT2D eigenvalue weighted by atomic mass is 10.1. The number of amides is 1. The Hall–Kier alpha value is -1.36. The zero-order valence-corrected chi connectivity index (χ0v) is 11.6. The Morgan fingerprint density at radius 3 is 2.78 bits per heavy atom. The van der Waals surface area contributed by atoms with Crippen molar-refractivity contribution >= 4 is 29.0 Å². The van der Waals surface area contributed by atoms with Crippen molar-refractivity contribution in [1.29, 1.82) is 0 Å². The van der Waals surface area contributed by atoms with E-state index in [9.17, 15) is 4.79 Å². The van der Waals surface area contributed by atoms with Gasteiger partial charge < -0.3 is 16.8 Å². The van der Waals surface area contributed by atoms with Gasteiger partial charge in [-0.25, -0.2) is 0 Å². The van der Waals surface area contributed by atoms with Crippen LogP contribution in [0.25, 0.3) is 0 Å². The predicted molar refractivity (Wildman–Crippen MR) is 80.1 cm³/mol. The lowest BCUT2D eigenvalue weighted by Gasteiger charge is -2.10. The molecule has 5 heteroatoms. The number of anilines is 2. The van der Waals surface area contributed by atoms with Crippen molar-refractivity contribution in [3.05, 3.63) is 23.8 Å². The summed E-state index contributed by atoms with van der Waals surface area (Å²) >= 11 is 1.87. The molecule has 1 amide bonds. The first-order chi connectivity index (χ1) is 8.65. The van der Waals surface area contributed by atoms with Gasteiger partial charge in [0.25, 0.3) is 0 Å². The molecule has 0 aromatic heterocycles. The highest BCUT2D eigenvalue weighted by molar-refractivity contribution is 7.98. The summed E-state index contributed by atoms with van der Waals surface area (Å²) in [5, 5.41) is 3.25. The fourth-order valence-corrected chi connectivity index (χ4v) is 2.13. The minimum Gasteiger partial charge on any atom is -0.397 e. The molecule has 100 valence electrons. The van der Waals surface area contributed by atoms with Crippen LogP contribution in [0, 0.1) is 0 Å². The third kappa shape index (κ3) is 4.87. The van der Waals surface area contributed by atoms with E-state index in [1.54, 1.807) is 18.2 Å². The van der Waals surface area contributed by atoms with Crippen molar-refractivity contribution in [2.75, 3.05) is 29.6 Å². The van der Waals surface area contributed by atoms with E-state index in [-0.39, 0.29) is 0 Å². The van der Waals surface area contributed by atoms with Gasteiger partial charge in [-0.2, -0.15) is 11.8 Å². The molecule has 0 fully saturated rings. The number of nitrogen functional groups attached to an aromatic ring is 1. The van der Waals surface area contributed by atoms with Crippen LogP contribution in [0.4, 0.5) is 11.4 Å². The Labute approximate surface area is 113 Å². The van der Waals surface area contributed by atoms with E-state index in [1.807, 2.05) is 11.8 Å². The van der Waals surface area contributed by atoms with Gasteiger partial charge in [0.05, 0.1) is 11.4 Å². The smallest absolute Gasteiger partial charge is 0.248 e. The molecule has 0 heterocycles. The summed E-state index contributed by atoms with van der Waals surface area (Å²) in [6.07, 6.45) is 5.65. The van der Waals surface area contributed by atoms with Crippen LogP contribution in [0.5, 0.6) is 0 Å². The number of unbranched alkanes of at least 4 members (excludes halogenated alkanes) is 2. The van der Waals surface area contributed by atoms with Gasteiger partial charge in [-0.3, -0.25) is 4.79 Å². The molecule has 0 saturated carbocycles. The Balaban J connectivity index is 2.41. The zero-order chi connectivity index (χ0) is 13.4. The minimum atomic E-state index is -0.432. The van der Waals surface area contributed by atoms with E-state index in [2.05, 4.69) is 11.6 Å². The van der Waals surface area contributed by atoms with Crippen molar-refractivity contribution < 1.29 is 4.79 Å². The highest BCUT2D eigenvalue weighted by atomic mass is 32.2. The van der Waals surface area contributed by atoms with Crippen molar-refractivity contribution in [2.24, 2.45) is 5.73 Å². The molecule has 0 aliphatic rings. The maximum atomic E-state index is 11.1. The normalized spacial score (nSPS) is 10.3. The highest BCUT2D eigenvalue weighted by Gasteiger charge is 2.04. The Morgan fingerprint density at radius 1 is 1.33 bits per heavy atom. The molecule has 0 aliphatic carbocycles. The Bertz CT molecular complexity index is 396. The van der Waals surface area contributed by atoms with Crippen LogP contribution in [0.15, 0.2) is 18.2 Å². The van der Waals surface area contributed by atoms with Gasteiger partial charge in [-0.05, 0) is 43.0 Å². The molecule has 18 heavy (non-hydrogen) atoms. The average molecular weight is 267 g/mol. The molecule has 1 rings (SSSR count). The standard InChI is InChI=1S/C13H21N3OS/c1-18-8-4-2-3-7-16-12-9-10(13(15)17)5-6-11(12)14/h5-6,9,16H,2-4,7-8,14H2,1H3,(H2,15,17). The summed E-state index contributed by atoms with van der Waals surface area (Å²) in [4.78, 5) is 11.1. The van der Waals surface area contributed by atoms with Gasteiger partial charge in [0, 0.05) is 12.1 Å². The molecule has 0 aliphatic heterocycles. The van der Waals surface area contributed by atoms with Gasteiger partial charge in [-0.1, -0.05) is 6.42 Å². The zero-order valence-electron chi connectivity index (χ0n) is 10.7. The van der Waals surface area contributed by atoms with Gasteiger partial charge in [0.2, 0.25) is 5.91 Å². The van der Waals surface area contributed by atoms with Gasteiger partial charge in [-0.15, -0.1) is 0 Å². The van der Waals surface area contributed by atoms with Crippen LogP contribution < -0.4 is 16.8 Å². The van der Waals surface area contributed by atoms with Crippen LogP contribution >= 0.6 is 11.8 Å². The van der Waals surface area contributed by atoms with E-state index in [1.165, 1.54) is 18.6 Å². The number of carbonyl (C=O) groups excluding carboxylic acids is 1. The first-order valence-corrected chi connectivity index (χ1v) is 7.46. The number of primary amides is 1. The molecule has 0 radical (unpaired) electrons. The molecule has 0 saturated heterocycles. The van der Waals surface area contributed by atoms with Crippen molar-refractivity contribution in [3.8, 4) is 0 Å². The molecule has 1 aromatic rings. The second-order valence-electron chi connectivity index (χ2n) is 4.15. The van der Waals surface area contributed by atoms with Crippen molar-refractivity contribution in [3.63, 3.8) is 0 Å². The van der Waals surface area contributed by atoms with Gasteiger partial charge in [0.1, 0.15) is 0 Å². The number of thioether (sulfide) groups is 1. The summed E-state index contributed by atoms with van der Waals surface area (Å²) in [6, 6.07) is 5.05. The topological polar surface area (TPSA) is 81.1 Å². The third-order valence-corrected chi connectivity index (χ3v) is 3.38. The van der Waals surface area contributed by atoms with Crippen LogP contribution in [0.1, 0.15) is 29.6 Å². The van der Waals surface area contributed by atoms with E-state index in [0.717, 1.165) is 18.7 Å². The second kappa shape index (κ2) is 7.87. The fourth-order valence-electron chi connectivity index (χ4n) is 1.63. The fraction of sp³-hybridized carbons (Fsp3) is 0.462. The maximum Gasteiger partial charge on any atom is 0.248 e. The Morgan fingerprint density at radius 2 is 2.11 bits per heavy atom. The molecule has 0 bridgehead atoms. The summed E-state index contributed by atoms with van der Waals surface area (Å²) in [5.74, 6) is 0.775. The molecule has 0 atom stereocenters. The summed E-state index contributed by atoms with van der Waals surface area (Å²) in [6.45, 7) is 0.862. The van der Waals surface area contributed by atoms with Gasteiger partial charge in [0.15, 0.2) is 0 Å². The molecule has 5 N–H and O–H groups in total. The van der Waals surface area contributed by atoms with Crippen molar-refractivity contribution in [2.45, 2.75) is 19.3 Å². The third-order valence-electron chi connectivity index (χ3n) is 2.68. The van der Waals surface area contributed by atoms with E-state index in [4.69, 9.17) is 11.5 Å². The number of nitrogens with two attached hydrogens (primary N) is 2. The lowest BCUT2D eigenvalue weighted by Crippen LogP contribution is -2.12. The Kier molecular flexibility index (Phi) is 6.43. The quantitative estimate of drug-likeness (QED) is 0.499. The van der Waals surface area contributed by atoms with Crippen LogP contribution in [-0.2, 0) is 0 Å². The number of hydrogen-bond acceptors (Lipinski definition) is 4. The summed E-state index contributed by atoms with van der Waals surface area (Å²) in [7, 11) is 0. The number of nitrogens with one attached hydrogen (secondary N) is 1. The largest absolute Gasteiger partial charge is 0.397 e. The van der Waals surface area contributed by atoms with Crippen LogP contribution in [0.3, 0.4) is 0 Å². The number of carbonyl (C=O) groups is 1. The van der Waals surface area contributed by atoms with Gasteiger partial charge >= 0.3 is 0 Å². The highest BCUT2D eigenvalue weighted by Crippen LogP contribution is 2.19. The van der Waals surface area contributed by atoms with E-state index in [0.29, 0.717) is 11.3 Å². The average Bonchev–Trinajstić information content (AvgIpc) is 2.35. The lowest BCUT2D eigenvalue weighted by molar-refractivity contribution is 0.100. The SMILES string of the molecule is CSCCCCCNc1cc(C(N)=O)ccc1N. The molecule has 0 spiro atoms. The molecular formula is C13H21N3OS. The molecule has 1 aromatic carbocycles.